The maximum absolute atomic E-state index is 6.00. The summed E-state index contributed by atoms with van der Waals surface area (Å²) in [6.07, 6.45) is 3.73. The molecule has 0 atom stereocenters. The van der Waals surface area contributed by atoms with Crippen LogP contribution in [-0.4, -0.2) is 44.1 Å². The van der Waals surface area contributed by atoms with Crippen LogP contribution in [0.3, 0.4) is 0 Å². The quantitative estimate of drug-likeness (QED) is 0.369. The number of hydrogen-bond acceptors (Lipinski definition) is 3. The fourth-order valence-electron chi connectivity index (χ4n) is 2.92. The number of guanidine groups is 1. The first-order chi connectivity index (χ1) is 11.6. The fourth-order valence-corrected chi connectivity index (χ4v) is 2.92. The number of rotatable bonds is 7. The summed E-state index contributed by atoms with van der Waals surface area (Å²) in [4.78, 5) is 7.10. The van der Waals surface area contributed by atoms with Crippen LogP contribution >= 0.6 is 24.0 Å². The van der Waals surface area contributed by atoms with Gasteiger partial charge >= 0.3 is 0 Å². The van der Waals surface area contributed by atoms with E-state index in [1.807, 2.05) is 24.3 Å². The van der Waals surface area contributed by atoms with E-state index >= 15 is 0 Å². The molecule has 2 rings (SSSR count). The van der Waals surface area contributed by atoms with Crippen LogP contribution in [0.1, 0.15) is 33.1 Å². The van der Waals surface area contributed by atoms with Gasteiger partial charge in [0.2, 0.25) is 0 Å². The number of benzene rings is 1. The van der Waals surface area contributed by atoms with Gasteiger partial charge in [0.25, 0.3) is 0 Å². The first-order valence-electron chi connectivity index (χ1n) is 9.00. The zero-order valence-corrected chi connectivity index (χ0v) is 18.0. The third-order valence-electron chi connectivity index (χ3n) is 4.61. The number of nitrogens with zero attached hydrogens (tertiary/aromatic N) is 2. The molecule has 0 spiro atoms. The molecular weight excluding hydrogens is 427 g/mol. The predicted molar refractivity (Wildman–Crippen MR) is 117 cm³/mol. The Bertz CT molecular complexity index is 511. The Labute approximate surface area is 169 Å². The van der Waals surface area contributed by atoms with Gasteiger partial charge in [-0.1, -0.05) is 13.8 Å². The second kappa shape index (κ2) is 11.6. The van der Waals surface area contributed by atoms with E-state index in [9.17, 15) is 0 Å². The molecule has 1 aliphatic heterocycles. The lowest BCUT2D eigenvalue weighted by Gasteiger charge is -2.31. The number of likely N-dealkylation sites (tertiary alicyclic amines) is 1. The molecule has 1 heterocycles. The summed E-state index contributed by atoms with van der Waals surface area (Å²) in [6, 6.07) is 7.69. The Balaban J connectivity index is 0.00000312. The molecule has 1 aliphatic rings. The van der Waals surface area contributed by atoms with Crippen molar-refractivity contribution >= 4 is 35.6 Å². The highest BCUT2D eigenvalue weighted by Crippen LogP contribution is 2.19. The SMILES string of the molecule is COc1ccc(NC(N)=NCC2CCN(CCC(C)C)CC2)cc1.I. The summed E-state index contributed by atoms with van der Waals surface area (Å²) in [7, 11) is 1.66. The summed E-state index contributed by atoms with van der Waals surface area (Å²) in [6.45, 7) is 9.01. The van der Waals surface area contributed by atoms with Crippen molar-refractivity contribution in [3.05, 3.63) is 24.3 Å². The largest absolute Gasteiger partial charge is 0.497 e. The molecular formula is C19H33IN4O. The first-order valence-corrected chi connectivity index (χ1v) is 9.00. The zero-order chi connectivity index (χ0) is 17.4. The smallest absolute Gasteiger partial charge is 0.193 e. The minimum Gasteiger partial charge on any atom is -0.497 e. The summed E-state index contributed by atoms with van der Waals surface area (Å²) >= 11 is 0. The van der Waals surface area contributed by atoms with Crippen molar-refractivity contribution in [1.29, 1.82) is 0 Å². The number of halogens is 1. The van der Waals surface area contributed by atoms with Gasteiger partial charge in [0, 0.05) is 12.2 Å². The van der Waals surface area contributed by atoms with E-state index in [1.54, 1.807) is 7.11 Å². The zero-order valence-electron chi connectivity index (χ0n) is 15.7. The Morgan fingerprint density at radius 2 is 1.92 bits per heavy atom. The third kappa shape index (κ3) is 8.27. The van der Waals surface area contributed by atoms with E-state index < -0.39 is 0 Å². The number of anilines is 1. The lowest BCUT2D eigenvalue weighted by molar-refractivity contribution is 0.180. The van der Waals surface area contributed by atoms with E-state index in [0.717, 1.165) is 23.9 Å². The van der Waals surface area contributed by atoms with Gasteiger partial charge < -0.3 is 20.7 Å². The van der Waals surface area contributed by atoms with Gasteiger partial charge in [-0.2, -0.15) is 0 Å². The highest BCUT2D eigenvalue weighted by atomic mass is 127. The second-order valence-electron chi connectivity index (χ2n) is 7.05. The van der Waals surface area contributed by atoms with Gasteiger partial charge in [-0.25, -0.2) is 0 Å². The van der Waals surface area contributed by atoms with Crippen molar-refractivity contribution in [3.63, 3.8) is 0 Å². The van der Waals surface area contributed by atoms with Crippen molar-refractivity contribution < 1.29 is 4.74 Å². The van der Waals surface area contributed by atoms with E-state index in [-0.39, 0.29) is 24.0 Å². The summed E-state index contributed by atoms with van der Waals surface area (Å²) in [5.74, 6) is 2.76. The van der Waals surface area contributed by atoms with Crippen molar-refractivity contribution in [2.75, 3.05) is 38.6 Å². The normalized spacial score (nSPS) is 16.6. The lowest BCUT2D eigenvalue weighted by atomic mass is 9.96. The van der Waals surface area contributed by atoms with E-state index in [4.69, 9.17) is 10.5 Å². The molecule has 0 bridgehead atoms. The molecule has 0 unspecified atom stereocenters. The average molecular weight is 460 g/mol. The van der Waals surface area contributed by atoms with Crippen LogP contribution in [0.5, 0.6) is 5.75 Å². The van der Waals surface area contributed by atoms with E-state index in [2.05, 4.69) is 29.1 Å². The van der Waals surface area contributed by atoms with Gasteiger partial charge in [0.1, 0.15) is 5.75 Å². The number of hydrogen-bond donors (Lipinski definition) is 2. The van der Waals surface area contributed by atoms with Crippen LogP contribution in [0, 0.1) is 11.8 Å². The standard InChI is InChI=1S/C19H32N4O.HI/c1-15(2)8-11-23-12-9-16(10-13-23)14-21-19(20)22-17-4-6-18(24-3)7-5-17;/h4-7,15-16H,8-14H2,1-3H3,(H3,20,21,22);1H. The number of aliphatic imine (C=N–C) groups is 1. The molecule has 5 nitrogen and oxygen atoms in total. The molecule has 0 aromatic heterocycles. The Hall–Kier alpha value is -1.02. The van der Waals surface area contributed by atoms with Crippen LogP contribution in [-0.2, 0) is 0 Å². The molecule has 142 valence electrons. The monoisotopic (exact) mass is 460 g/mol. The molecule has 1 aromatic carbocycles. The van der Waals surface area contributed by atoms with Crippen LogP contribution in [0.25, 0.3) is 0 Å². The molecule has 0 aliphatic carbocycles. The fraction of sp³-hybridized carbons (Fsp3) is 0.632. The highest BCUT2D eigenvalue weighted by molar-refractivity contribution is 14.0. The Morgan fingerprint density at radius 3 is 2.48 bits per heavy atom. The van der Waals surface area contributed by atoms with Gasteiger partial charge in [-0.05, 0) is 75.0 Å². The molecule has 0 amide bonds. The molecule has 6 heteroatoms. The number of methoxy groups -OCH3 is 1. The van der Waals surface area contributed by atoms with Crippen LogP contribution in [0.2, 0.25) is 0 Å². The predicted octanol–water partition coefficient (Wildman–Crippen LogP) is 3.80. The maximum Gasteiger partial charge on any atom is 0.193 e. The first kappa shape index (κ1) is 22.0. The molecule has 0 radical (unpaired) electrons. The second-order valence-corrected chi connectivity index (χ2v) is 7.05. The van der Waals surface area contributed by atoms with Crippen molar-refractivity contribution in [2.24, 2.45) is 22.6 Å². The summed E-state index contributed by atoms with van der Waals surface area (Å²) < 4.78 is 5.15. The molecule has 3 N–H and O–H groups in total. The molecule has 1 fully saturated rings. The number of piperidine rings is 1. The number of nitrogens with two attached hydrogens (primary N) is 1. The topological polar surface area (TPSA) is 62.9 Å². The Morgan fingerprint density at radius 1 is 1.28 bits per heavy atom. The summed E-state index contributed by atoms with van der Waals surface area (Å²) in [5.41, 5.74) is 6.93. The number of ether oxygens (including phenoxy) is 1. The van der Waals surface area contributed by atoms with Crippen molar-refractivity contribution in [1.82, 2.24) is 4.90 Å². The average Bonchev–Trinajstić information content (AvgIpc) is 2.59. The maximum atomic E-state index is 6.00. The number of nitrogens with one attached hydrogen (secondary N) is 1. The summed E-state index contributed by atoms with van der Waals surface area (Å²) in [5, 5.41) is 3.14. The van der Waals surface area contributed by atoms with Gasteiger partial charge in [0.05, 0.1) is 7.11 Å². The van der Waals surface area contributed by atoms with Crippen molar-refractivity contribution in [2.45, 2.75) is 33.1 Å². The highest BCUT2D eigenvalue weighted by Gasteiger charge is 2.18. The van der Waals surface area contributed by atoms with Crippen LogP contribution in [0.4, 0.5) is 5.69 Å². The molecule has 25 heavy (non-hydrogen) atoms. The van der Waals surface area contributed by atoms with E-state index in [0.29, 0.717) is 11.9 Å². The van der Waals surface area contributed by atoms with Crippen LogP contribution in [0.15, 0.2) is 29.3 Å². The lowest BCUT2D eigenvalue weighted by Crippen LogP contribution is -2.36. The molecule has 1 aromatic rings. The van der Waals surface area contributed by atoms with Gasteiger partial charge in [-0.15, -0.1) is 24.0 Å². The molecule has 0 saturated carbocycles. The minimum absolute atomic E-state index is 0. The molecule has 1 saturated heterocycles. The van der Waals surface area contributed by atoms with Crippen LogP contribution < -0.4 is 15.8 Å². The minimum atomic E-state index is 0. The van der Waals surface area contributed by atoms with Gasteiger partial charge in [0.15, 0.2) is 5.96 Å². The van der Waals surface area contributed by atoms with E-state index in [1.165, 1.54) is 38.9 Å². The Kier molecular flexibility index (Phi) is 10.2. The van der Waals surface area contributed by atoms with Crippen molar-refractivity contribution in [3.8, 4) is 5.75 Å². The van der Waals surface area contributed by atoms with Gasteiger partial charge in [-0.3, -0.25) is 4.99 Å². The third-order valence-corrected chi connectivity index (χ3v) is 4.61.